The molecular formula is C17H15NO4. The number of oxime groups is 1. The molecule has 1 aliphatic rings. The second kappa shape index (κ2) is 6.30. The van der Waals surface area contributed by atoms with Crippen LogP contribution in [-0.4, -0.2) is 23.2 Å². The summed E-state index contributed by atoms with van der Waals surface area (Å²) in [7, 11) is 0. The van der Waals surface area contributed by atoms with Crippen molar-refractivity contribution in [3.8, 4) is 0 Å². The van der Waals surface area contributed by atoms with Crippen molar-refractivity contribution in [3.05, 3.63) is 58.7 Å². The van der Waals surface area contributed by atoms with Crippen LogP contribution in [-0.2, 0) is 14.4 Å². The number of allylic oxidation sites excluding steroid dienone is 2. The molecule has 5 nitrogen and oxygen atoms in total. The molecule has 22 heavy (non-hydrogen) atoms. The lowest BCUT2D eigenvalue weighted by Crippen LogP contribution is -2.23. The van der Waals surface area contributed by atoms with Gasteiger partial charge in [0.05, 0.1) is 5.57 Å². The lowest BCUT2D eigenvalue weighted by Gasteiger charge is -2.09. The molecule has 1 aromatic rings. The summed E-state index contributed by atoms with van der Waals surface area (Å²) in [5.74, 6) is -1.82. The highest BCUT2D eigenvalue weighted by Gasteiger charge is 2.22. The first kappa shape index (κ1) is 15.6. The minimum Gasteiger partial charge on any atom is -0.312 e. The largest absolute Gasteiger partial charge is 0.366 e. The topological polar surface area (TPSA) is 72.8 Å². The van der Waals surface area contributed by atoms with Gasteiger partial charge in [0, 0.05) is 12.5 Å². The molecule has 0 unspecified atom stereocenters. The summed E-state index contributed by atoms with van der Waals surface area (Å²) in [5, 5.41) is 3.46. The van der Waals surface area contributed by atoms with E-state index >= 15 is 0 Å². The average Bonchev–Trinajstić information content (AvgIpc) is 2.46. The Kier molecular flexibility index (Phi) is 4.46. The molecule has 0 N–H and O–H groups in total. The van der Waals surface area contributed by atoms with Crippen LogP contribution in [0, 0.1) is 6.92 Å². The predicted octanol–water partition coefficient (Wildman–Crippen LogP) is 2.55. The van der Waals surface area contributed by atoms with Crippen LogP contribution in [0.15, 0.2) is 52.7 Å². The van der Waals surface area contributed by atoms with Gasteiger partial charge in [0.2, 0.25) is 5.78 Å². The molecule has 0 heterocycles. The van der Waals surface area contributed by atoms with E-state index in [0.29, 0.717) is 11.1 Å². The van der Waals surface area contributed by atoms with E-state index in [1.807, 2.05) is 6.92 Å². The zero-order valence-electron chi connectivity index (χ0n) is 12.5. The van der Waals surface area contributed by atoms with Crippen LogP contribution < -0.4 is 0 Å². The van der Waals surface area contributed by atoms with E-state index in [2.05, 4.69) is 5.16 Å². The quantitative estimate of drug-likeness (QED) is 0.275. The number of Topliss-reactive ketones (excluding diaryl/α,β-unsaturated/α-hetero) is 2. The van der Waals surface area contributed by atoms with Crippen molar-refractivity contribution < 1.29 is 19.2 Å². The third-order valence-electron chi connectivity index (χ3n) is 3.23. The fraction of sp³-hybridized carbons (Fsp3) is 0.176. The molecule has 0 bridgehead atoms. The van der Waals surface area contributed by atoms with Gasteiger partial charge < -0.3 is 4.84 Å². The number of nitrogens with zero attached hydrogens (tertiary/aromatic N) is 1. The van der Waals surface area contributed by atoms with Crippen molar-refractivity contribution in [3.63, 3.8) is 0 Å². The van der Waals surface area contributed by atoms with Gasteiger partial charge in [-0.1, -0.05) is 41.1 Å². The summed E-state index contributed by atoms with van der Waals surface area (Å²) >= 11 is 0. The summed E-state index contributed by atoms with van der Waals surface area (Å²) < 4.78 is 0. The Bertz CT molecular complexity index is 736. The molecule has 1 aliphatic carbocycles. The van der Waals surface area contributed by atoms with Crippen molar-refractivity contribution in [2.75, 3.05) is 0 Å². The van der Waals surface area contributed by atoms with Crippen LogP contribution >= 0.6 is 0 Å². The maximum absolute atomic E-state index is 12.3. The van der Waals surface area contributed by atoms with Crippen molar-refractivity contribution in [1.82, 2.24) is 0 Å². The molecule has 0 aliphatic heterocycles. The number of hydrogen-bond acceptors (Lipinski definition) is 5. The highest BCUT2D eigenvalue weighted by molar-refractivity contribution is 6.68. The molecule has 2 rings (SSSR count). The van der Waals surface area contributed by atoms with Crippen molar-refractivity contribution in [2.24, 2.45) is 5.16 Å². The second-order valence-corrected chi connectivity index (χ2v) is 5.00. The Morgan fingerprint density at radius 2 is 1.64 bits per heavy atom. The molecule has 0 radical (unpaired) electrons. The normalized spacial score (nSPS) is 13.7. The zero-order chi connectivity index (χ0) is 16.3. The van der Waals surface area contributed by atoms with Crippen LogP contribution in [0.1, 0.15) is 29.8 Å². The maximum Gasteiger partial charge on any atom is 0.366 e. The summed E-state index contributed by atoms with van der Waals surface area (Å²) in [6.45, 7) is 4.84. The summed E-state index contributed by atoms with van der Waals surface area (Å²) in [6.07, 6.45) is 3.34. The van der Waals surface area contributed by atoms with Gasteiger partial charge in [-0.3, -0.25) is 9.59 Å². The molecule has 0 saturated heterocycles. The SMILES string of the molecule is CC(=O)/C(=N\OC(=O)C1=C(C)C=C1)C(=O)c1ccc(C)cc1. The second-order valence-electron chi connectivity index (χ2n) is 5.00. The molecule has 0 aromatic heterocycles. The third kappa shape index (κ3) is 3.25. The Morgan fingerprint density at radius 1 is 1.00 bits per heavy atom. The van der Waals surface area contributed by atoms with Crippen LogP contribution in [0.25, 0.3) is 0 Å². The van der Waals surface area contributed by atoms with Gasteiger partial charge in [-0.25, -0.2) is 4.79 Å². The lowest BCUT2D eigenvalue weighted by atomic mass is 10.0. The van der Waals surface area contributed by atoms with Gasteiger partial charge in [0.1, 0.15) is 0 Å². The smallest absolute Gasteiger partial charge is 0.312 e. The standard InChI is InChI=1S/C17H15NO4/c1-10-4-7-13(8-5-10)16(20)15(12(3)19)18-22-17(21)14-9-6-11(14)2/h4-9H,1-3H3/b18-15+. The van der Waals surface area contributed by atoms with Gasteiger partial charge >= 0.3 is 5.97 Å². The van der Waals surface area contributed by atoms with Crippen molar-refractivity contribution >= 4 is 23.2 Å². The Labute approximate surface area is 128 Å². The van der Waals surface area contributed by atoms with Gasteiger partial charge in [-0.2, -0.15) is 0 Å². The van der Waals surface area contributed by atoms with Gasteiger partial charge in [0.15, 0.2) is 11.5 Å². The van der Waals surface area contributed by atoms with Crippen LogP contribution in [0.5, 0.6) is 0 Å². The van der Waals surface area contributed by atoms with E-state index in [-0.39, 0.29) is 0 Å². The Hall–Kier alpha value is -2.82. The number of aryl methyl sites for hydroxylation is 1. The van der Waals surface area contributed by atoms with E-state index in [1.54, 1.807) is 43.3 Å². The molecule has 112 valence electrons. The number of carbonyl (C=O) groups excluding carboxylic acids is 3. The molecule has 0 spiro atoms. The summed E-state index contributed by atoms with van der Waals surface area (Å²) in [5.41, 5.74) is 2.06. The van der Waals surface area contributed by atoms with Crippen molar-refractivity contribution in [2.45, 2.75) is 20.8 Å². The predicted molar refractivity (Wildman–Crippen MR) is 81.6 cm³/mol. The first-order valence-corrected chi connectivity index (χ1v) is 6.70. The maximum atomic E-state index is 12.3. The van der Waals surface area contributed by atoms with E-state index < -0.39 is 23.2 Å². The number of carbonyl (C=O) groups is 3. The minimum atomic E-state index is -0.685. The van der Waals surface area contributed by atoms with Gasteiger partial charge in [-0.15, -0.1) is 0 Å². The number of hydrogen-bond donors (Lipinski definition) is 0. The van der Waals surface area contributed by atoms with Gasteiger partial charge in [-0.05, 0) is 25.5 Å². The van der Waals surface area contributed by atoms with Crippen LogP contribution in [0.3, 0.4) is 0 Å². The van der Waals surface area contributed by atoms with Gasteiger partial charge in [0.25, 0.3) is 0 Å². The van der Waals surface area contributed by atoms with E-state index in [0.717, 1.165) is 11.1 Å². The van der Waals surface area contributed by atoms with E-state index in [1.165, 1.54) is 6.92 Å². The Balaban J connectivity index is 2.19. The summed E-state index contributed by atoms with van der Waals surface area (Å²) in [4.78, 5) is 40.3. The fourth-order valence-electron chi connectivity index (χ4n) is 1.81. The Morgan fingerprint density at radius 3 is 2.09 bits per heavy atom. The molecule has 1 aromatic carbocycles. The summed E-state index contributed by atoms with van der Waals surface area (Å²) in [6, 6.07) is 6.70. The monoisotopic (exact) mass is 297 g/mol. The fourth-order valence-corrected chi connectivity index (χ4v) is 1.81. The zero-order valence-corrected chi connectivity index (χ0v) is 12.5. The van der Waals surface area contributed by atoms with E-state index in [9.17, 15) is 14.4 Å². The first-order chi connectivity index (χ1) is 10.4. The highest BCUT2D eigenvalue weighted by Crippen LogP contribution is 2.19. The molecule has 0 saturated carbocycles. The average molecular weight is 297 g/mol. The molecular weight excluding hydrogens is 282 g/mol. The number of benzene rings is 1. The molecule has 0 amide bonds. The lowest BCUT2D eigenvalue weighted by molar-refractivity contribution is -0.138. The number of ketones is 2. The molecule has 5 heteroatoms. The number of rotatable bonds is 5. The van der Waals surface area contributed by atoms with Crippen molar-refractivity contribution in [1.29, 1.82) is 0 Å². The molecule has 0 atom stereocenters. The molecule has 0 fully saturated rings. The van der Waals surface area contributed by atoms with E-state index in [4.69, 9.17) is 4.84 Å². The van der Waals surface area contributed by atoms with Crippen LogP contribution in [0.2, 0.25) is 0 Å². The highest BCUT2D eigenvalue weighted by atomic mass is 16.7. The third-order valence-corrected chi connectivity index (χ3v) is 3.23. The minimum absolute atomic E-state index is 0.314. The first-order valence-electron chi connectivity index (χ1n) is 6.70. The van der Waals surface area contributed by atoms with Crippen LogP contribution in [0.4, 0.5) is 0 Å².